The number of hydrogen-bond acceptors (Lipinski definition) is 4. The summed E-state index contributed by atoms with van der Waals surface area (Å²) in [4.78, 5) is 24.3. The van der Waals surface area contributed by atoms with Crippen molar-refractivity contribution in [3.8, 4) is 16.9 Å². The van der Waals surface area contributed by atoms with Gasteiger partial charge in [-0.05, 0) is 85.6 Å². The number of aromatic carboxylic acids is 1. The van der Waals surface area contributed by atoms with Crippen molar-refractivity contribution < 1.29 is 24.2 Å². The zero-order chi connectivity index (χ0) is 22.3. The molecule has 0 bridgehead atoms. The first-order valence-electron chi connectivity index (χ1n) is 11.7. The molecule has 2 aliphatic carbocycles. The van der Waals surface area contributed by atoms with E-state index < -0.39 is 5.97 Å². The molecular weight excluding hydrogens is 404 g/mol. The number of carbonyl (C=O) groups excluding carboxylic acids is 1. The SMILES string of the molecule is COc1ccc(C(=O)O)cc1-c1ccc([C@@H]2CC[C@]23CCC(C(=O)[C@H]2CCCO2)C3)cc1. The fraction of sp³-hybridized carbons (Fsp3) is 0.481. The fourth-order valence-corrected chi connectivity index (χ4v) is 6.19. The minimum absolute atomic E-state index is 0.156. The number of benzene rings is 2. The zero-order valence-electron chi connectivity index (χ0n) is 18.5. The highest BCUT2D eigenvalue weighted by Crippen LogP contribution is 2.63. The Bertz CT molecular complexity index is 1020. The predicted molar refractivity (Wildman–Crippen MR) is 121 cm³/mol. The number of ketones is 1. The van der Waals surface area contributed by atoms with Gasteiger partial charge in [-0.1, -0.05) is 24.3 Å². The van der Waals surface area contributed by atoms with Crippen molar-refractivity contribution in [2.24, 2.45) is 11.3 Å². The van der Waals surface area contributed by atoms with Crippen LogP contribution in [0.25, 0.3) is 11.1 Å². The molecule has 4 atom stereocenters. The molecule has 5 rings (SSSR count). The van der Waals surface area contributed by atoms with Crippen LogP contribution in [0.2, 0.25) is 0 Å². The number of carboxylic acids is 1. The highest BCUT2D eigenvalue weighted by Gasteiger charge is 2.53. The number of Topliss-reactive ketones (excluding diaryl/α,β-unsaturated/α-hetero) is 1. The number of rotatable bonds is 6. The molecule has 1 N–H and O–H groups in total. The van der Waals surface area contributed by atoms with E-state index in [2.05, 4.69) is 24.3 Å². The first-order chi connectivity index (χ1) is 15.5. The standard InChI is InChI=1S/C27H30O5/c1-31-23-9-8-19(26(29)30)15-21(23)17-4-6-18(7-5-17)22-11-13-27(22)12-10-20(16-27)25(28)24-3-2-14-32-24/h4-9,15,20,22,24H,2-3,10-14,16H2,1H3,(H,29,30)/t20?,22-,24+,27-/m0/s1. The topological polar surface area (TPSA) is 72.8 Å². The Balaban J connectivity index is 1.33. The van der Waals surface area contributed by atoms with Gasteiger partial charge in [0.15, 0.2) is 5.78 Å². The van der Waals surface area contributed by atoms with Gasteiger partial charge < -0.3 is 14.6 Å². The lowest BCUT2D eigenvalue weighted by atomic mass is 9.56. The summed E-state index contributed by atoms with van der Waals surface area (Å²) in [5, 5.41) is 9.35. The van der Waals surface area contributed by atoms with Gasteiger partial charge in [0.1, 0.15) is 11.9 Å². The van der Waals surface area contributed by atoms with E-state index in [4.69, 9.17) is 9.47 Å². The number of ether oxygens (including phenoxy) is 2. The molecule has 1 heterocycles. The molecule has 32 heavy (non-hydrogen) atoms. The second-order valence-corrected chi connectivity index (χ2v) is 9.64. The zero-order valence-corrected chi connectivity index (χ0v) is 18.5. The quantitative estimate of drug-likeness (QED) is 0.652. The van der Waals surface area contributed by atoms with Crippen molar-refractivity contribution in [3.05, 3.63) is 53.6 Å². The molecule has 0 radical (unpaired) electrons. The third kappa shape index (κ3) is 3.62. The molecule has 1 unspecified atom stereocenters. The average molecular weight is 435 g/mol. The predicted octanol–water partition coefficient (Wildman–Crippen LogP) is 5.47. The van der Waals surface area contributed by atoms with Gasteiger partial charge in [-0.25, -0.2) is 4.79 Å². The lowest BCUT2D eigenvalue weighted by molar-refractivity contribution is -0.132. The molecule has 2 aromatic rings. The maximum Gasteiger partial charge on any atom is 0.335 e. The summed E-state index contributed by atoms with van der Waals surface area (Å²) in [6.07, 6.45) is 7.20. The molecule has 1 spiro atoms. The molecular formula is C27H30O5. The second-order valence-electron chi connectivity index (χ2n) is 9.64. The van der Waals surface area contributed by atoms with Gasteiger partial charge in [-0.3, -0.25) is 4.79 Å². The molecule has 5 nitrogen and oxygen atoms in total. The van der Waals surface area contributed by atoms with Crippen LogP contribution in [-0.2, 0) is 9.53 Å². The van der Waals surface area contributed by atoms with E-state index in [-0.39, 0.29) is 23.0 Å². The Labute approximate surface area is 188 Å². The van der Waals surface area contributed by atoms with Crippen LogP contribution in [0.3, 0.4) is 0 Å². The molecule has 2 aromatic carbocycles. The van der Waals surface area contributed by atoms with Gasteiger partial charge in [-0.2, -0.15) is 0 Å². The third-order valence-electron chi connectivity index (χ3n) is 8.03. The third-order valence-corrected chi connectivity index (χ3v) is 8.03. The summed E-state index contributed by atoms with van der Waals surface area (Å²) < 4.78 is 11.1. The van der Waals surface area contributed by atoms with Crippen molar-refractivity contribution in [2.75, 3.05) is 13.7 Å². The lowest BCUT2D eigenvalue weighted by Crippen LogP contribution is -2.37. The summed E-state index contributed by atoms with van der Waals surface area (Å²) >= 11 is 0. The normalized spacial score (nSPS) is 29.1. The van der Waals surface area contributed by atoms with Crippen LogP contribution in [0.15, 0.2) is 42.5 Å². The van der Waals surface area contributed by atoms with Gasteiger partial charge in [-0.15, -0.1) is 0 Å². The smallest absolute Gasteiger partial charge is 0.335 e. The molecule has 2 saturated carbocycles. The molecule has 3 aliphatic rings. The molecule has 1 aliphatic heterocycles. The van der Waals surface area contributed by atoms with Gasteiger partial charge in [0.2, 0.25) is 0 Å². The summed E-state index contributed by atoms with van der Waals surface area (Å²) in [7, 11) is 1.60. The molecule has 0 aromatic heterocycles. The Morgan fingerprint density at radius 3 is 2.47 bits per heavy atom. The Hall–Kier alpha value is -2.66. The van der Waals surface area contributed by atoms with Crippen LogP contribution < -0.4 is 4.74 Å². The van der Waals surface area contributed by atoms with Crippen molar-refractivity contribution in [2.45, 2.75) is 57.0 Å². The van der Waals surface area contributed by atoms with Crippen LogP contribution in [0.5, 0.6) is 5.75 Å². The fourth-order valence-electron chi connectivity index (χ4n) is 6.19. The van der Waals surface area contributed by atoms with Gasteiger partial charge >= 0.3 is 5.97 Å². The van der Waals surface area contributed by atoms with E-state index >= 15 is 0 Å². The number of hydrogen-bond donors (Lipinski definition) is 1. The average Bonchev–Trinajstić information content (AvgIpc) is 3.50. The highest BCUT2D eigenvalue weighted by molar-refractivity contribution is 5.90. The lowest BCUT2D eigenvalue weighted by Gasteiger charge is -2.48. The number of methoxy groups -OCH3 is 1. The molecule has 168 valence electrons. The van der Waals surface area contributed by atoms with E-state index in [1.807, 2.05) is 0 Å². The van der Waals surface area contributed by atoms with E-state index in [1.165, 1.54) is 12.0 Å². The Kier molecular flexibility index (Phi) is 5.54. The highest BCUT2D eigenvalue weighted by atomic mass is 16.5. The largest absolute Gasteiger partial charge is 0.496 e. The van der Waals surface area contributed by atoms with Crippen LogP contribution in [0, 0.1) is 11.3 Å². The van der Waals surface area contributed by atoms with E-state index in [0.717, 1.165) is 56.3 Å². The van der Waals surface area contributed by atoms with Gasteiger partial charge in [0.05, 0.1) is 12.7 Å². The first-order valence-corrected chi connectivity index (χ1v) is 11.7. The summed E-state index contributed by atoms with van der Waals surface area (Å²) in [6, 6.07) is 13.4. The van der Waals surface area contributed by atoms with E-state index in [9.17, 15) is 14.7 Å². The Morgan fingerprint density at radius 1 is 1.06 bits per heavy atom. The molecule has 0 amide bonds. The van der Waals surface area contributed by atoms with Gasteiger partial charge in [0.25, 0.3) is 0 Å². The first kappa shape index (κ1) is 21.2. The molecule has 3 fully saturated rings. The van der Waals surface area contributed by atoms with Crippen molar-refractivity contribution >= 4 is 11.8 Å². The second kappa shape index (κ2) is 8.36. The van der Waals surface area contributed by atoms with Crippen molar-refractivity contribution in [1.82, 2.24) is 0 Å². The summed E-state index contributed by atoms with van der Waals surface area (Å²) in [5.41, 5.74) is 3.54. The minimum atomic E-state index is -0.949. The van der Waals surface area contributed by atoms with Crippen molar-refractivity contribution in [1.29, 1.82) is 0 Å². The van der Waals surface area contributed by atoms with Crippen LogP contribution in [0.4, 0.5) is 0 Å². The van der Waals surface area contributed by atoms with Crippen molar-refractivity contribution in [3.63, 3.8) is 0 Å². The van der Waals surface area contributed by atoms with E-state index in [1.54, 1.807) is 25.3 Å². The maximum atomic E-state index is 12.9. The molecule has 5 heteroatoms. The maximum absolute atomic E-state index is 12.9. The minimum Gasteiger partial charge on any atom is -0.496 e. The van der Waals surface area contributed by atoms with Gasteiger partial charge in [0, 0.05) is 18.1 Å². The monoisotopic (exact) mass is 434 g/mol. The van der Waals surface area contributed by atoms with Crippen LogP contribution in [-0.4, -0.2) is 36.7 Å². The summed E-state index contributed by atoms with van der Waals surface area (Å²) in [5.74, 6) is 0.699. The van der Waals surface area contributed by atoms with Crippen LogP contribution in [0.1, 0.15) is 66.8 Å². The Morgan fingerprint density at radius 2 is 1.84 bits per heavy atom. The van der Waals surface area contributed by atoms with E-state index in [0.29, 0.717) is 17.5 Å². The summed E-state index contributed by atoms with van der Waals surface area (Å²) in [6.45, 7) is 0.726. The molecule has 1 saturated heterocycles. The number of carboxylic acid groups (broad SMARTS) is 1. The number of carbonyl (C=O) groups is 2. The van der Waals surface area contributed by atoms with Crippen LogP contribution >= 0.6 is 0 Å².